The Morgan fingerprint density at radius 1 is 1.14 bits per heavy atom. The number of nitrogens with one attached hydrogen (secondary N) is 1. The number of hydrogen-bond donors (Lipinski definition) is 2. The first-order valence-electron chi connectivity index (χ1n) is 7.44. The van der Waals surface area contributed by atoms with Crippen molar-refractivity contribution in [3.63, 3.8) is 0 Å². The van der Waals surface area contributed by atoms with Crippen LogP contribution in [0.25, 0.3) is 0 Å². The number of amides is 1. The van der Waals surface area contributed by atoms with Crippen LogP contribution in [0.3, 0.4) is 0 Å². The molecule has 2 atom stereocenters. The minimum atomic E-state index is -0.202. The highest BCUT2D eigenvalue weighted by atomic mass is 35.5. The second-order valence-corrected chi connectivity index (χ2v) is 6.06. The highest BCUT2D eigenvalue weighted by Crippen LogP contribution is 2.19. The summed E-state index contributed by atoms with van der Waals surface area (Å²) in [5, 5.41) is 5.70. The van der Waals surface area contributed by atoms with Crippen LogP contribution in [0.1, 0.15) is 31.0 Å². The predicted octanol–water partition coefficient (Wildman–Crippen LogP) is 3.30. The predicted molar refractivity (Wildman–Crippen MR) is 91.1 cm³/mol. The molecule has 0 fully saturated rings. The van der Waals surface area contributed by atoms with Gasteiger partial charge in [-0.3, -0.25) is 4.79 Å². The molecule has 0 bridgehead atoms. The number of aryl methyl sites for hydroxylation is 1. The summed E-state index contributed by atoms with van der Waals surface area (Å²) in [5.74, 6) is -0.00972. The summed E-state index contributed by atoms with van der Waals surface area (Å²) in [6, 6.07) is 15.5. The molecule has 0 aliphatic carbocycles. The van der Waals surface area contributed by atoms with Gasteiger partial charge >= 0.3 is 0 Å². The Balaban J connectivity index is 1.98. The van der Waals surface area contributed by atoms with Crippen molar-refractivity contribution in [1.29, 1.82) is 0 Å². The number of hydrogen-bond acceptors (Lipinski definition) is 1. The number of nitrogens with two attached hydrogens (primary N) is 1. The molecule has 0 saturated heterocycles. The van der Waals surface area contributed by atoms with Gasteiger partial charge in [-0.2, -0.15) is 0 Å². The van der Waals surface area contributed by atoms with Gasteiger partial charge in [0.1, 0.15) is 6.04 Å². The van der Waals surface area contributed by atoms with Gasteiger partial charge in [-0.05, 0) is 44.5 Å². The van der Waals surface area contributed by atoms with Gasteiger partial charge in [0.2, 0.25) is 0 Å². The molecule has 3 N–H and O–H groups in total. The minimum Gasteiger partial charge on any atom is -0.330 e. The normalized spacial score (nSPS) is 13.5. The molecule has 2 aromatic carbocycles. The van der Waals surface area contributed by atoms with Gasteiger partial charge in [0.25, 0.3) is 5.91 Å². The number of quaternary nitrogens is 1. The van der Waals surface area contributed by atoms with Crippen molar-refractivity contribution in [3.8, 4) is 0 Å². The Morgan fingerprint density at radius 3 is 2.55 bits per heavy atom. The molecular formula is C18H22ClN2O+. The summed E-state index contributed by atoms with van der Waals surface area (Å²) in [4.78, 5) is 12.3. The van der Waals surface area contributed by atoms with E-state index in [1.54, 1.807) is 0 Å². The van der Waals surface area contributed by atoms with Crippen molar-refractivity contribution in [2.45, 2.75) is 32.9 Å². The fraction of sp³-hybridized carbons (Fsp3) is 0.278. The fourth-order valence-corrected chi connectivity index (χ4v) is 2.76. The summed E-state index contributed by atoms with van der Waals surface area (Å²) in [6.07, 6.45) is 0. The van der Waals surface area contributed by atoms with Gasteiger partial charge in [-0.15, -0.1) is 0 Å². The number of rotatable bonds is 5. The highest BCUT2D eigenvalue weighted by Gasteiger charge is 2.21. The van der Waals surface area contributed by atoms with E-state index in [1.165, 1.54) is 0 Å². The standard InChI is InChI=1S/C18H21ClN2O/c1-12-7-6-8-15(11-12)21-18(22)14(3)20-13(2)16-9-4-5-10-17(16)19/h4-11,13-14,20H,1-3H3,(H,21,22)/p+1/t13-,14-/m1/s1. The van der Waals surface area contributed by atoms with Gasteiger partial charge in [0, 0.05) is 16.3 Å². The van der Waals surface area contributed by atoms with Crippen molar-refractivity contribution in [2.24, 2.45) is 0 Å². The summed E-state index contributed by atoms with van der Waals surface area (Å²) in [5.41, 5.74) is 2.99. The molecule has 0 radical (unpaired) electrons. The lowest BCUT2D eigenvalue weighted by Gasteiger charge is -2.17. The van der Waals surface area contributed by atoms with E-state index in [1.807, 2.05) is 67.7 Å². The average Bonchev–Trinajstić information content (AvgIpc) is 2.47. The first-order valence-corrected chi connectivity index (χ1v) is 7.82. The third-order valence-corrected chi connectivity index (χ3v) is 4.02. The molecular weight excluding hydrogens is 296 g/mol. The Morgan fingerprint density at radius 2 is 1.86 bits per heavy atom. The maximum absolute atomic E-state index is 12.3. The van der Waals surface area contributed by atoms with Gasteiger partial charge in [-0.25, -0.2) is 0 Å². The van der Waals surface area contributed by atoms with Crippen LogP contribution in [-0.2, 0) is 4.79 Å². The van der Waals surface area contributed by atoms with E-state index in [-0.39, 0.29) is 18.0 Å². The maximum Gasteiger partial charge on any atom is 0.282 e. The molecule has 116 valence electrons. The van der Waals surface area contributed by atoms with Crippen molar-refractivity contribution in [1.82, 2.24) is 0 Å². The molecule has 2 rings (SSSR count). The Kier molecular flexibility index (Phi) is 5.58. The zero-order chi connectivity index (χ0) is 16.1. The van der Waals surface area contributed by atoms with Crippen LogP contribution >= 0.6 is 11.6 Å². The quantitative estimate of drug-likeness (QED) is 0.873. The van der Waals surface area contributed by atoms with E-state index in [0.717, 1.165) is 21.8 Å². The lowest BCUT2D eigenvalue weighted by atomic mass is 10.1. The summed E-state index contributed by atoms with van der Waals surface area (Å²) < 4.78 is 0. The number of anilines is 1. The van der Waals surface area contributed by atoms with Crippen molar-refractivity contribution in [2.75, 3.05) is 5.32 Å². The first-order chi connectivity index (χ1) is 10.5. The zero-order valence-corrected chi connectivity index (χ0v) is 13.9. The molecule has 0 spiro atoms. The van der Waals surface area contributed by atoms with Gasteiger partial charge in [0.05, 0.1) is 0 Å². The highest BCUT2D eigenvalue weighted by molar-refractivity contribution is 6.31. The third-order valence-electron chi connectivity index (χ3n) is 3.67. The lowest BCUT2D eigenvalue weighted by Crippen LogP contribution is -2.91. The maximum atomic E-state index is 12.3. The van der Waals surface area contributed by atoms with E-state index in [9.17, 15) is 4.79 Å². The fourth-order valence-electron chi connectivity index (χ4n) is 2.45. The van der Waals surface area contributed by atoms with E-state index in [2.05, 4.69) is 12.2 Å². The van der Waals surface area contributed by atoms with Crippen molar-refractivity contribution < 1.29 is 10.1 Å². The SMILES string of the molecule is Cc1cccc(NC(=O)[C@@H](C)[NH2+][C@H](C)c2ccccc2Cl)c1. The van der Waals surface area contributed by atoms with Crippen LogP contribution in [0, 0.1) is 6.92 Å². The van der Waals surface area contributed by atoms with Gasteiger partial charge in [0.15, 0.2) is 6.04 Å². The average molecular weight is 318 g/mol. The van der Waals surface area contributed by atoms with Crippen LogP contribution in [0.5, 0.6) is 0 Å². The van der Waals surface area contributed by atoms with Crippen LogP contribution in [0.15, 0.2) is 48.5 Å². The number of halogens is 1. The van der Waals surface area contributed by atoms with Crippen molar-refractivity contribution in [3.05, 3.63) is 64.7 Å². The second-order valence-electron chi connectivity index (χ2n) is 5.65. The molecule has 4 heteroatoms. The number of benzene rings is 2. The molecule has 2 aromatic rings. The first kappa shape index (κ1) is 16.5. The molecule has 1 amide bonds. The molecule has 3 nitrogen and oxygen atoms in total. The van der Waals surface area contributed by atoms with E-state index < -0.39 is 0 Å². The Bertz CT molecular complexity index is 657. The molecule has 0 heterocycles. The zero-order valence-electron chi connectivity index (χ0n) is 13.1. The number of carbonyl (C=O) groups is 1. The van der Waals surface area contributed by atoms with Crippen LogP contribution < -0.4 is 10.6 Å². The largest absolute Gasteiger partial charge is 0.330 e. The molecule has 0 saturated carbocycles. The number of carbonyl (C=O) groups excluding carboxylic acids is 1. The molecule has 0 aliphatic rings. The monoisotopic (exact) mass is 317 g/mol. The second kappa shape index (κ2) is 7.43. The van der Waals surface area contributed by atoms with Gasteiger partial charge < -0.3 is 10.6 Å². The lowest BCUT2D eigenvalue weighted by molar-refractivity contribution is -0.709. The molecule has 22 heavy (non-hydrogen) atoms. The van der Waals surface area contributed by atoms with Gasteiger partial charge in [-0.1, -0.05) is 41.9 Å². The Labute approximate surface area is 136 Å². The molecule has 0 aliphatic heterocycles. The molecule has 0 aromatic heterocycles. The summed E-state index contributed by atoms with van der Waals surface area (Å²) >= 11 is 6.21. The minimum absolute atomic E-state index is 0.00972. The molecule has 0 unspecified atom stereocenters. The van der Waals surface area contributed by atoms with Crippen LogP contribution in [0.2, 0.25) is 5.02 Å². The topological polar surface area (TPSA) is 45.7 Å². The third kappa shape index (κ3) is 4.33. The van der Waals surface area contributed by atoms with Crippen LogP contribution in [-0.4, -0.2) is 11.9 Å². The summed E-state index contributed by atoms with van der Waals surface area (Å²) in [7, 11) is 0. The van der Waals surface area contributed by atoms with E-state index in [4.69, 9.17) is 11.6 Å². The van der Waals surface area contributed by atoms with E-state index >= 15 is 0 Å². The van der Waals surface area contributed by atoms with E-state index in [0.29, 0.717) is 0 Å². The smallest absolute Gasteiger partial charge is 0.282 e. The van der Waals surface area contributed by atoms with Crippen molar-refractivity contribution >= 4 is 23.2 Å². The van der Waals surface area contributed by atoms with Crippen LogP contribution in [0.4, 0.5) is 5.69 Å². The summed E-state index contributed by atoms with van der Waals surface area (Å²) in [6.45, 7) is 5.96. The Hall–Kier alpha value is -1.84.